The summed E-state index contributed by atoms with van der Waals surface area (Å²) in [5, 5.41) is 3.01. The molecule has 0 spiro atoms. The van der Waals surface area contributed by atoms with Crippen LogP contribution in [0.4, 0.5) is 13.2 Å². The van der Waals surface area contributed by atoms with Crippen LogP contribution in [0.1, 0.15) is 32.3 Å². The summed E-state index contributed by atoms with van der Waals surface area (Å²) >= 11 is 0. The molecule has 4 rings (SSSR count). The molecule has 180 valence electrons. The van der Waals surface area contributed by atoms with Gasteiger partial charge in [-0.1, -0.05) is 32.0 Å². The van der Waals surface area contributed by atoms with Gasteiger partial charge >= 0.3 is 6.18 Å². The molecule has 2 aliphatic rings. The van der Waals surface area contributed by atoms with Gasteiger partial charge in [0.1, 0.15) is 17.7 Å². The fourth-order valence-corrected chi connectivity index (χ4v) is 5.46. The summed E-state index contributed by atoms with van der Waals surface area (Å²) in [5.74, 6) is 0.856. The van der Waals surface area contributed by atoms with Crippen molar-refractivity contribution in [1.29, 1.82) is 0 Å². The van der Waals surface area contributed by atoms with E-state index in [1.807, 2.05) is 13.0 Å². The van der Waals surface area contributed by atoms with E-state index in [1.54, 1.807) is 48.4 Å². The summed E-state index contributed by atoms with van der Waals surface area (Å²) in [7, 11) is -3.39. The Morgan fingerprint density at radius 1 is 1.06 bits per heavy atom. The summed E-state index contributed by atoms with van der Waals surface area (Å²) in [4.78, 5) is 1.77. The lowest BCUT2D eigenvalue weighted by molar-refractivity contribution is -0.0995. The van der Waals surface area contributed by atoms with Gasteiger partial charge in [0.25, 0.3) is 0 Å². The summed E-state index contributed by atoms with van der Waals surface area (Å²) in [6.45, 7) is 3.68. The number of hydrogen-bond donors (Lipinski definition) is 1. The third-order valence-electron chi connectivity index (χ3n) is 5.61. The van der Waals surface area contributed by atoms with Gasteiger partial charge in [-0.25, -0.2) is 8.42 Å². The van der Waals surface area contributed by atoms with Crippen LogP contribution in [-0.4, -0.2) is 31.4 Å². The molecule has 2 aromatic rings. The first-order valence-electron chi connectivity index (χ1n) is 11.0. The molecule has 1 unspecified atom stereocenters. The smallest absolute Gasteiger partial charge is 0.416 e. The van der Waals surface area contributed by atoms with Crippen molar-refractivity contribution >= 4 is 15.5 Å². The molecule has 0 fully saturated rings. The number of allylic oxidation sites excluding steroid dienone is 3. The first kappa shape index (κ1) is 23.9. The molecule has 2 heterocycles. The van der Waals surface area contributed by atoms with E-state index in [1.165, 1.54) is 18.2 Å². The second-order valence-electron chi connectivity index (χ2n) is 8.02. The van der Waals surface area contributed by atoms with Gasteiger partial charge < -0.3 is 15.0 Å². The van der Waals surface area contributed by atoms with Crippen LogP contribution in [0.5, 0.6) is 11.5 Å². The number of benzene rings is 2. The minimum Gasteiger partial charge on any atom is -0.457 e. The molecule has 0 amide bonds. The van der Waals surface area contributed by atoms with Crippen molar-refractivity contribution in [3.05, 3.63) is 83.7 Å². The van der Waals surface area contributed by atoms with Crippen molar-refractivity contribution in [3.8, 4) is 11.5 Å². The second-order valence-corrected chi connectivity index (χ2v) is 10.1. The molecule has 1 atom stereocenters. The van der Waals surface area contributed by atoms with Gasteiger partial charge in [0.15, 0.2) is 9.84 Å². The van der Waals surface area contributed by atoms with Crippen LogP contribution in [0.25, 0.3) is 5.70 Å². The third kappa shape index (κ3) is 4.70. The topological polar surface area (TPSA) is 58.6 Å². The van der Waals surface area contributed by atoms with E-state index in [4.69, 9.17) is 4.74 Å². The number of ether oxygens (including phenoxy) is 1. The van der Waals surface area contributed by atoms with Crippen LogP contribution >= 0.6 is 0 Å². The summed E-state index contributed by atoms with van der Waals surface area (Å²) in [6.07, 6.45) is -0.353. The van der Waals surface area contributed by atoms with Gasteiger partial charge in [0, 0.05) is 17.5 Å². The number of alkyl halides is 3. The maximum atomic E-state index is 13.6. The fraction of sp³-hybridized carbons (Fsp3) is 0.280. The zero-order valence-corrected chi connectivity index (χ0v) is 19.6. The fourth-order valence-electron chi connectivity index (χ4n) is 4.11. The number of rotatable bonds is 7. The molecule has 0 aliphatic carbocycles. The molecule has 9 heteroatoms. The van der Waals surface area contributed by atoms with Gasteiger partial charge in [-0.15, -0.1) is 0 Å². The zero-order chi connectivity index (χ0) is 24.5. The maximum absolute atomic E-state index is 13.6. The SMILES string of the molecule is CCCS(=O)(=O)c1cccc(Oc2cccc(C3=C(CC)NC4C(C(F)(F)F)=CC=CN34)c2)c1. The number of sulfone groups is 1. The third-order valence-corrected chi connectivity index (χ3v) is 7.53. The average molecular weight is 491 g/mol. The van der Waals surface area contributed by atoms with Crippen molar-refractivity contribution in [2.24, 2.45) is 0 Å². The minimum absolute atomic E-state index is 0.0474. The lowest BCUT2D eigenvalue weighted by atomic mass is 10.1. The van der Waals surface area contributed by atoms with E-state index >= 15 is 0 Å². The summed E-state index contributed by atoms with van der Waals surface area (Å²) in [5.41, 5.74) is 1.36. The number of nitrogens with zero attached hydrogens (tertiary/aromatic N) is 1. The predicted molar refractivity (Wildman–Crippen MR) is 125 cm³/mol. The molecule has 0 radical (unpaired) electrons. The van der Waals surface area contributed by atoms with E-state index in [9.17, 15) is 21.6 Å². The Kier molecular flexibility index (Phi) is 6.49. The average Bonchev–Trinajstić information content (AvgIpc) is 3.17. The molecule has 0 saturated heterocycles. The van der Waals surface area contributed by atoms with Crippen molar-refractivity contribution in [2.75, 3.05) is 5.75 Å². The molecule has 2 aromatic carbocycles. The predicted octanol–water partition coefficient (Wildman–Crippen LogP) is 5.99. The Morgan fingerprint density at radius 3 is 2.44 bits per heavy atom. The van der Waals surface area contributed by atoms with Crippen LogP contribution in [0.3, 0.4) is 0 Å². The van der Waals surface area contributed by atoms with Crippen molar-refractivity contribution in [1.82, 2.24) is 10.2 Å². The van der Waals surface area contributed by atoms with E-state index in [0.29, 0.717) is 41.3 Å². The largest absolute Gasteiger partial charge is 0.457 e. The quantitative estimate of drug-likeness (QED) is 0.517. The van der Waals surface area contributed by atoms with Gasteiger partial charge in [-0.3, -0.25) is 0 Å². The van der Waals surface area contributed by atoms with E-state index < -0.39 is 27.8 Å². The van der Waals surface area contributed by atoms with Crippen molar-refractivity contribution in [2.45, 2.75) is 43.9 Å². The highest BCUT2D eigenvalue weighted by Crippen LogP contribution is 2.41. The lowest BCUT2D eigenvalue weighted by Crippen LogP contribution is -2.42. The van der Waals surface area contributed by atoms with Crippen molar-refractivity contribution in [3.63, 3.8) is 0 Å². The molecular weight excluding hydrogens is 465 g/mol. The highest BCUT2D eigenvalue weighted by atomic mass is 32.2. The lowest BCUT2D eigenvalue weighted by Gasteiger charge is -2.31. The first-order valence-corrected chi connectivity index (χ1v) is 12.6. The van der Waals surface area contributed by atoms with Crippen LogP contribution in [0.15, 0.2) is 83.0 Å². The summed E-state index contributed by atoms with van der Waals surface area (Å²) < 4.78 is 71.4. The molecule has 0 bridgehead atoms. The van der Waals surface area contributed by atoms with Crippen LogP contribution in [-0.2, 0) is 9.84 Å². The molecular formula is C25H25F3N2O3S. The molecule has 2 aliphatic heterocycles. The minimum atomic E-state index is -4.46. The molecule has 34 heavy (non-hydrogen) atoms. The Balaban J connectivity index is 1.64. The monoisotopic (exact) mass is 490 g/mol. The molecule has 0 aromatic heterocycles. The number of nitrogens with one attached hydrogen (secondary N) is 1. The second kappa shape index (κ2) is 9.21. The Morgan fingerprint density at radius 2 is 1.76 bits per heavy atom. The standard InChI is InChI=1S/C25H25F3N2O3S/c1-3-14-34(31,32)20-11-6-10-19(16-20)33-18-9-5-8-17(15-18)23-22(4-2)29-24-21(25(26,27)28)12-7-13-30(23)24/h5-13,15-16,24,29H,3-4,14H2,1-2H3. The van der Waals surface area contributed by atoms with Gasteiger partial charge in [0.2, 0.25) is 0 Å². The normalized spacial score (nSPS) is 18.0. The zero-order valence-electron chi connectivity index (χ0n) is 18.8. The Bertz CT molecular complexity index is 1280. The highest BCUT2D eigenvalue weighted by molar-refractivity contribution is 7.91. The van der Waals surface area contributed by atoms with Crippen molar-refractivity contribution < 1.29 is 26.3 Å². The first-order chi connectivity index (χ1) is 16.1. The van der Waals surface area contributed by atoms with Crippen LogP contribution in [0.2, 0.25) is 0 Å². The molecule has 0 saturated carbocycles. The van der Waals surface area contributed by atoms with E-state index in [-0.39, 0.29) is 10.6 Å². The Hall–Kier alpha value is -3.20. The van der Waals surface area contributed by atoms with Gasteiger partial charge in [-0.05, 0) is 55.3 Å². The van der Waals surface area contributed by atoms with Crippen LogP contribution in [0, 0.1) is 0 Å². The Labute approximate surface area is 197 Å². The van der Waals surface area contributed by atoms with Gasteiger partial charge in [-0.2, -0.15) is 13.2 Å². The van der Waals surface area contributed by atoms with Gasteiger partial charge in [0.05, 0.1) is 21.9 Å². The molecule has 1 N–H and O–H groups in total. The van der Waals surface area contributed by atoms with Crippen LogP contribution < -0.4 is 10.1 Å². The highest BCUT2D eigenvalue weighted by Gasteiger charge is 2.45. The number of halogens is 3. The number of fused-ring (bicyclic) bond motifs is 1. The van der Waals surface area contributed by atoms with E-state index in [2.05, 4.69) is 5.32 Å². The maximum Gasteiger partial charge on any atom is 0.416 e. The molecule has 5 nitrogen and oxygen atoms in total. The number of hydrogen-bond acceptors (Lipinski definition) is 5. The summed E-state index contributed by atoms with van der Waals surface area (Å²) in [6, 6.07) is 13.3. The van der Waals surface area contributed by atoms with E-state index in [0.717, 1.165) is 6.08 Å².